The maximum Gasteiger partial charge on any atom is 0.269 e. The molecule has 6 nitrogen and oxygen atoms in total. The van der Waals surface area contributed by atoms with E-state index in [1.165, 1.54) is 0 Å². The molecular weight excluding hydrogens is 290 g/mol. The van der Waals surface area contributed by atoms with Gasteiger partial charge in [0, 0.05) is 12.0 Å². The Labute approximate surface area is 126 Å². The van der Waals surface area contributed by atoms with Crippen LogP contribution in [0, 0.1) is 0 Å². The lowest BCUT2D eigenvalue weighted by molar-refractivity contribution is 0.102. The molecule has 0 bridgehead atoms. The van der Waals surface area contributed by atoms with Crippen molar-refractivity contribution in [1.29, 1.82) is 0 Å². The van der Waals surface area contributed by atoms with Crippen molar-refractivity contribution in [3.05, 3.63) is 28.8 Å². The lowest BCUT2D eigenvalue weighted by atomic mass is 10.2. The molecule has 1 heterocycles. The molecule has 1 saturated carbocycles. The van der Waals surface area contributed by atoms with Crippen LogP contribution in [0.5, 0.6) is 11.5 Å². The summed E-state index contributed by atoms with van der Waals surface area (Å²) in [6, 6.07) is 5.24. The second kappa shape index (κ2) is 5.69. The number of ether oxygens (including phenoxy) is 2. The van der Waals surface area contributed by atoms with Gasteiger partial charge >= 0.3 is 0 Å². The van der Waals surface area contributed by atoms with Crippen LogP contribution in [-0.4, -0.2) is 29.7 Å². The maximum absolute atomic E-state index is 12.4. The highest BCUT2D eigenvalue weighted by Gasteiger charge is 2.31. The van der Waals surface area contributed by atoms with Crippen LogP contribution < -0.4 is 14.8 Å². The zero-order chi connectivity index (χ0) is 14.8. The third-order valence-electron chi connectivity index (χ3n) is 3.34. The Hall–Kier alpha value is -2.15. The Morgan fingerprint density at radius 2 is 2.14 bits per heavy atom. The molecule has 3 rings (SSSR count). The van der Waals surface area contributed by atoms with Crippen molar-refractivity contribution in [1.82, 2.24) is 9.59 Å². The summed E-state index contributed by atoms with van der Waals surface area (Å²) in [6.45, 7) is 0. The van der Waals surface area contributed by atoms with Gasteiger partial charge in [-0.15, -0.1) is 5.10 Å². The first-order valence-corrected chi connectivity index (χ1v) is 7.36. The highest BCUT2D eigenvalue weighted by atomic mass is 32.1. The second-order valence-electron chi connectivity index (χ2n) is 4.78. The Morgan fingerprint density at radius 3 is 2.81 bits per heavy atom. The van der Waals surface area contributed by atoms with Gasteiger partial charge in [0.25, 0.3) is 5.91 Å². The SMILES string of the molecule is COc1ccc(NC(=O)c2snnc2C2CC2)c(OC)c1. The average molecular weight is 305 g/mol. The summed E-state index contributed by atoms with van der Waals surface area (Å²) < 4.78 is 14.3. The van der Waals surface area contributed by atoms with Crippen LogP contribution >= 0.6 is 11.5 Å². The smallest absolute Gasteiger partial charge is 0.269 e. The highest BCUT2D eigenvalue weighted by Crippen LogP contribution is 2.41. The molecule has 1 aliphatic carbocycles. The molecule has 110 valence electrons. The molecule has 0 unspecified atom stereocenters. The largest absolute Gasteiger partial charge is 0.497 e. The number of aromatic nitrogens is 2. The van der Waals surface area contributed by atoms with E-state index in [1.807, 2.05) is 0 Å². The molecule has 0 saturated heterocycles. The van der Waals surface area contributed by atoms with E-state index in [1.54, 1.807) is 32.4 Å². The van der Waals surface area contributed by atoms with E-state index in [4.69, 9.17) is 9.47 Å². The first kappa shape index (κ1) is 13.8. The molecule has 1 aromatic carbocycles. The Bertz CT molecular complexity index is 667. The summed E-state index contributed by atoms with van der Waals surface area (Å²) in [6.07, 6.45) is 2.16. The van der Waals surface area contributed by atoms with Crippen LogP contribution in [0.4, 0.5) is 5.69 Å². The summed E-state index contributed by atoms with van der Waals surface area (Å²) in [4.78, 5) is 13.0. The van der Waals surface area contributed by atoms with Crippen LogP contribution in [0.3, 0.4) is 0 Å². The fourth-order valence-corrected chi connectivity index (χ4v) is 2.71. The second-order valence-corrected chi connectivity index (χ2v) is 5.54. The fourth-order valence-electron chi connectivity index (χ4n) is 2.06. The van der Waals surface area contributed by atoms with Gasteiger partial charge in [-0.25, -0.2) is 0 Å². The lowest BCUT2D eigenvalue weighted by Gasteiger charge is -2.11. The highest BCUT2D eigenvalue weighted by molar-refractivity contribution is 7.08. The zero-order valence-corrected chi connectivity index (χ0v) is 12.6. The summed E-state index contributed by atoms with van der Waals surface area (Å²) in [5.74, 6) is 1.41. The molecule has 1 amide bonds. The number of carbonyl (C=O) groups is 1. The third kappa shape index (κ3) is 2.82. The van der Waals surface area contributed by atoms with Crippen molar-refractivity contribution in [2.75, 3.05) is 19.5 Å². The van der Waals surface area contributed by atoms with Crippen molar-refractivity contribution < 1.29 is 14.3 Å². The van der Waals surface area contributed by atoms with Crippen molar-refractivity contribution in [2.45, 2.75) is 18.8 Å². The van der Waals surface area contributed by atoms with Gasteiger partial charge in [-0.2, -0.15) is 0 Å². The molecule has 2 aromatic rings. The van der Waals surface area contributed by atoms with Crippen molar-refractivity contribution >= 4 is 23.1 Å². The molecule has 1 N–H and O–H groups in total. The molecule has 21 heavy (non-hydrogen) atoms. The summed E-state index contributed by atoms with van der Waals surface area (Å²) >= 11 is 1.13. The van der Waals surface area contributed by atoms with E-state index in [0.29, 0.717) is 28.0 Å². The predicted octanol–water partition coefficient (Wildman–Crippen LogP) is 2.69. The van der Waals surface area contributed by atoms with Gasteiger partial charge in [0.15, 0.2) is 0 Å². The van der Waals surface area contributed by atoms with Gasteiger partial charge in [-0.1, -0.05) is 4.49 Å². The molecule has 0 spiro atoms. The minimum Gasteiger partial charge on any atom is -0.497 e. The summed E-state index contributed by atoms with van der Waals surface area (Å²) in [7, 11) is 3.13. The van der Waals surface area contributed by atoms with Gasteiger partial charge in [0.2, 0.25) is 0 Å². The number of amides is 1. The molecule has 1 fully saturated rings. The summed E-state index contributed by atoms with van der Waals surface area (Å²) in [5, 5.41) is 6.92. The predicted molar refractivity (Wildman–Crippen MR) is 79.4 cm³/mol. The Balaban J connectivity index is 1.82. The van der Waals surface area contributed by atoms with Crippen LogP contribution in [-0.2, 0) is 0 Å². The number of methoxy groups -OCH3 is 2. The molecule has 7 heteroatoms. The van der Waals surface area contributed by atoms with Crippen LogP contribution in [0.15, 0.2) is 18.2 Å². The number of hydrogen-bond acceptors (Lipinski definition) is 6. The zero-order valence-electron chi connectivity index (χ0n) is 11.8. The van der Waals surface area contributed by atoms with E-state index >= 15 is 0 Å². The quantitative estimate of drug-likeness (QED) is 0.919. The molecule has 1 aromatic heterocycles. The molecular formula is C14H15N3O3S. The van der Waals surface area contributed by atoms with Crippen molar-refractivity contribution in [3.8, 4) is 11.5 Å². The number of carbonyl (C=O) groups excluding carboxylic acids is 1. The summed E-state index contributed by atoms with van der Waals surface area (Å²) in [5.41, 5.74) is 1.41. The van der Waals surface area contributed by atoms with Gasteiger partial charge in [0.1, 0.15) is 16.4 Å². The van der Waals surface area contributed by atoms with Crippen molar-refractivity contribution in [2.24, 2.45) is 0 Å². The Kier molecular flexibility index (Phi) is 3.74. The fraction of sp³-hybridized carbons (Fsp3) is 0.357. The topological polar surface area (TPSA) is 73.3 Å². The van der Waals surface area contributed by atoms with Crippen LogP contribution in [0.1, 0.15) is 34.1 Å². The molecule has 0 aliphatic heterocycles. The number of hydrogen-bond donors (Lipinski definition) is 1. The minimum absolute atomic E-state index is 0.199. The number of nitrogens with one attached hydrogen (secondary N) is 1. The van der Waals surface area contributed by atoms with E-state index in [0.717, 1.165) is 30.1 Å². The standard InChI is InChI=1S/C14H15N3O3S/c1-19-9-5-6-10(11(7-9)20-2)15-14(18)13-12(8-3-4-8)16-17-21-13/h5-8H,3-4H2,1-2H3,(H,15,18). The minimum atomic E-state index is -0.199. The van der Waals surface area contributed by atoms with E-state index in [9.17, 15) is 4.79 Å². The van der Waals surface area contributed by atoms with Crippen molar-refractivity contribution in [3.63, 3.8) is 0 Å². The van der Waals surface area contributed by atoms with E-state index in [2.05, 4.69) is 14.9 Å². The number of benzene rings is 1. The third-order valence-corrected chi connectivity index (χ3v) is 4.08. The number of anilines is 1. The molecule has 0 atom stereocenters. The normalized spacial score (nSPS) is 13.8. The lowest BCUT2D eigenvalue weighted by Crippen LogP contribution is -2.13. The average Bonchev–Trinajstić information content (AvgIpc) is 3.24. The first-order valence-electron chi connectivity index (χ1n) is 6.58. The van der Waals surface area contributed by atoms with Crippen LogP contribution in [0.2, 0.25) is 0 Å². The Morgan fingerprint density at radius 1 is 1.33 bits per heavy atom. The van der Waals surface area contributed by atoms with Crippen LogP contribution in [0.25, 0.3) is 0 Å². The number of nitrogens with zero attached hydrogens (tertiary/aromatic N) is 2. The van der Waals surface area contributed by atoms with Gasteiger partial charge < -0.3 is 14.8 Å². The van der Waals surface area contributed by atoms with E-state index in [-0.39, 0.29) is 5.91 Å². The van der Waals surface area contributed by atoms with E-state index < -0.39 is 0 Å². The maximum atomic E-state index is 12.4. The first-order chi connectivity index (χ1) is 10.2. The number of rotatable bonds is 5. The monoisotopic (exact) mass is 305 g/mol. The molecule has 1 aliphatic rings. The van der Waals surface area contributed by atoms with Gasteiger partial charge in [0.05, 0.1) is 25.6 Å². The molecule has 0 radical (unpaired) electrons. The van der Waals surface area contributed by atoms with Gasteiger partial charge in [-0.05, 0) is 36.5 Å². The van der Waals surface area contributed by atoms with Gasteiger partial charge in [-0.3, -0.25) is 4.79 Å².